The summed E-state index contributed by atoms with van der Waals surface area (Å²) in [4.78, 5) is 0. The molecule has 3 nitrogen and oxygen atoms in total. The van der Waals surface area contributed by atoms with Gasteiger partial charge < -0.3 is 14.8 Å². The molecule has 0 saturated heterocycles. The van der Waals surface area contributed by atoms with Crippen molar-refractivity contribution in [3.63, 3.8) is 0 Å². The molecule has 0 heterocycles. The molecule has 0 aliphatic carbocycles. The topological polar surface area (TPSA) is 49.7 Å². The van der Waals surface area contributed by atoms with E-state index in [1.54, 1.807) is 24.3 Å². The van der Waals surface area contributed by atoms with Crippen molar-refractivity contribution in [2.45, 2.75) is 6.42 Å². The molecule has 1 rings (SSSR count). The van der Waals surface area contributed by atoms with Crippen molar-refractivity contribution >= 4 is 12.6 Å². The molecule has 1 aromatic rings. The maximum atomic E-state index is 11.7. The fourth-order valence-electron chi connectivity index (χ4n) is 0.981. The monoisotopic (exact) mass is 198 g/mol. The molecular formula is C9H12BFO3. The molecule has 0 aromatic heterocycles. The quantitative estimate of drug-likeness (QED) is 0.521. The molecule has 0 aliphatic heterocycles. The Kier molecular flexibility index (Phi) is 4.42. The van der Waals surface area contributed by atoms with Gasteiger partial charge in [-0.15, -0.1) is 0 Å². The highest BCUT2D eigenvalue weighted by Crippen LogP contribution is 2.07. The van der Waals surface area contributed by atoms with E-state index in [4.69, 9.17) is 14.8 Å². The molecule has 0 atom stereocenters. The fraction of sp³-hybridized carbons (Fsp3) is 0.333. The minimum Gasteiger partial charge on any atom is -0.494 e. The lowest BCUT2D eigenvalue weighted by Crippen LogP contribution is -2.29. The van der Waals surface area contributed by atoms with E-state index < -0.39 is 13.8 Å². The predicted octanol–water partition coefficient (Wildman–Crippen LogP) is 0.105. The predicted molar refractivity (Wildman–Crippen MR) is 52.4 cm³/mol. The molecule has 5 heteroatoms. The van der Waals surface area contributed by atoms with Gasteiger partial charge >= 0.3 is 7.12 Å². The van der Waals surface area contributed by atoms with E-state index >= 15 is 0 Å². The molecule has 14 heavy (non-hydrogen) atoms. The van der Waals surface area contributed by atoms with Gasteiger partial charge in [-0.2, -0.15) is 0 Å². The molecular weight excluding hydrogens is 186 g/mol. The largest absolute Gasteiger partial charge is 0.494 e. The molecule has 0 bridgehead atoms. The molecule has 76 valence electrons. The first kappa shape index (κ1) is 11.0. The van der Waals surface area contributed by atoms with Crippen LogP contribution in [0.15, 0.2) is 24.3 Å². The summed E-state index contributed by atoms with van der Waals surface area (Å²) in [6.07, 6.45) is 0.365. The standard InChI is InChI=1S/C9H12BFO3/c11-6-1-7-14-9-4-2-8(3-5-9)10(12)13/h2-5,12-13H,1,6-7H2. The second-order valence-corrected chi connectivity index (χ2v) is 2.83. The van der Waals surface area contributed by atoms with Crippen molar-refractivity contribution in [3.05, 3.63) is 24.3 Å². The Labute approximate surface area is 82.3 Å². The van der Waals surface area contributed by atoms with Gasteiger partial charge in [-0.1, -0.05) is 12.1 Å². The number of rotatable bonds is 5. The van der Waals surface area contributed by atoms with Crippen LogP contribution < -0.4 is 10.2 Å². The van der Waals surface area contributed by atoms with E-state index in [0.29, 0.717) is 24.2 Å². The minimum absolute atomic E-state index is 0.331. The van der Waals surface area contributed by atoms with E-state index in [9.17, 15) is 4.39 Å². The molecule has 2 N–H and O–H groups in total. The fourth-order valence-corrected chi connectivity index (χ4v) is 0.981. The summed E-state index contributed by atoms with van der Waals surface area (Å²) >= 11 is 0. The van der Waals surface area contributed by atoms with Crippen LogP contribution in [0.4, 0.5) is 4.39 Å². The molecule has 0 saturated carbocycles. The average Bonchev–Trinajstić information content (AvgIpc) is 2.19. The maximum absolute atomic E-state index is 11.7. The highest BCUT2D eigenvalue weighted by Gasteiger charge is 2.09. The van der Waals surface area contributed by atoms with Gasteiger partial charge in [-0.3, -0.25) is 4.39 Å². The zero-order valence-electron chi connectivity index (χ0n) is 7.69. The maximum Gasteiger partial charge on any atom is 0.488 e. The van der Waals surface area contributed by atoms with Crippen molar-refractivity contribution in [3.8, 4) is 5.75 Å². The van der Waals surface area contributed by atoms with E-state index in [0.717, 1.165) is 0 Å². The van der Waals surface area contributed by atoms with Crippen molar-refractivity contribution in [2.75, 3.05) is 13.3 Å². The first-order valence-corrected chi connectivity index (χ1v) is 4.39. The van der Waals surface area contributed by atoms with E-state index in [1.165, 1.54) is 0 Å². The number of ether oxygens (including phenoxy) is 1. The van der Waals surface area contributed by atoms with Crippen LogP contribution in [0.1, 0.15) is 6.42 Å². The van der Waals surface area contributed by atoms with E-state index in [1.807, 2.05) is 0 Å². The Morgan fingerprint density at radius 1 is 1.21 bits per heavy atom. The minimum atomic E-state index is -1.46. The number of hydrogen-bond donors (Lipinski definition) is 2. The van der Waals surface area contributed by atoms with Crippen molar-refractivity contribution < 1.29 is 19.2 Å². The Morgan fingerprint density at radius 2 is 1.86 bits per heavy atom. The van der Waals surface area contributed by atoms with Crippen LogP contribution in [0.2, 0.25) is 0 Å². The van der Waals surface area contributed by atoms with Gasteiger partial charge in [0.2, 0.25) is 0 Å². The van der Waals surface area contributed by atoms with Crippen LogP contribution in [-0.4, -0.2) is 30.4 Å². The van der Waals surface area contributed by atoms with Gasteiger partial charge in [0.1, 0.15) is 5.75 Å². The number of hydrogen-bond acceptors (Lipinski definition) is 3. The van der Waals surface area contributed by atoms with Crippen LogP contribution in [0, 0.1) is 0 Å². The van der Waals surface area contributed by atoms with Gasteiger partial charge in [0.15, 0.2) is 0 Å². The van der Waals surface area contributed by atoms with Crippen LogP contribution in [0.5, 0.6) is 5.75 Å². The highest BCUT2D eigenvalue weighted by atomic mass is 19.1. The van der Waals surface area contributed by atoms with Gasteiger partial charge in [-0.05, 0) is 17.6 Å². The van der Waals surface area contributed by atoms with Crippen molar-refractivity contribution in [1.82, 2.24) is 0 Å². The summed E-state index contributed by atoms with van der Waals surface area (Å²) in [6.45, 7) is -0.0645. The highest BCUT2D eigenvalue weighted by molar-refractivity contribution is 6.58. The molecule has 0 spiro atoms. The average molecular weight is 198 g/mol. The summed E-state index contributed by atoms with van der Waals surface area (Å²) in [6, 6.07) is 6.34. The third kappa shape index (κ3) is 3.36. The Bertz CT molecular complexity index is 263. The number of alkyl halides is 1. The summed E-state index contributed by atoms with van der Waals surface area (Å²) in [7, 11) is -1.46. The first-order valence-electron chi connectivity index (χ1n) is 4.39. The van der Waals surface area contributed by atoms with Gasteiger partial charge in [0, 0.05) is 6.42 Å². The van der Waals surface area contributed by atoms with Gasteiger partial charge in [0.25, 0.3) is 0 Å². The van der Waals surface area contributed by atoms with E-state index in [-0.39, 0.29) is 0 Å². The molecule has 0 aliphatic rings. The van der Waals surface area contributed by atoms with E-state index in [2.05, 4.69) is 0 Å². The van der Waals surface area contributed by atoms with Crippen molar-refractivity contribution in [1.29, 1.82) is 0 Å². The summed E-state index contributed by atoms with van der Waals surface area (Å²) in [5.74, 6) is 0.600. The zero-order valence-corrected chi connectivity index (χ0v) is 7.69. The lowest BCUT2D eigenvalue weighted by Gasteiger charge is -2.05. The Morgan fingerprint density at radius 3 is 2.36 bits per heavy atom. The number of benzene rings is 1. The molecule has 1 aromatic carbocycles. The molecule has 0 amide bonds. The zero-order chi connectivity index (χ0) is 10.4. The van der Waals surface area contributed by atoms with Crippen LogP contribution in [0.25, 0.3) is 0 Å². The Hall–Kier alpha value is -1.07. The third-order valence-corrected chi connectivity index (χ3v) is 1.72. The smallest absolute Gasteiger partial charge is 0.488 e. The Balaban J connectivity index is 2.47. The summed E-state index contributed by atoms with van der Waals surface area (Å²) in [5, 5.41) is 17.6. The SMILES string of the molecule is OB(O)c1ccc(OCCCF)cc1. The molecule has 0 unspecified atom stereocenters. The van der Waals surface area contributed by atoms with Crippen LogP contribution >= 0.6 is 0 Å². The number of halogens is 1. The summed E-state index contributed by atoms with van der Waals surface area (Å²) in [5.41, 5.74) is 0.405. The van der Waals surface area contributed by atoms with Crippen LogP contribution in [0.3, 0.4) is 0 Å². The second kappa shape index (κ2) is 5.62. The third-order valence-electron chi connectivity index (χ3n) is 1.72. The van der Waals surface area contributed by atoms with Crippen LogP contribution in [-0.2, 0) is 0 Å². The summed E-state index contributed by atoms with van der Waals surface area (Å²) < 4.78 is 16.9. The normalized spacial score (nSPS) is 9.93. The first-order chi connectivity index (χ1) is 6.74. The van der Waals surface area contributed by atoms with Gasteiger partial charge in [-0.25, -0.2) is 0 Å². The molecule has 0 fully saturated rings. The van der Waals surface area contributed by atoms with Crippen molar-refractivity contribution in [2.24, 2.45) is 0 Å². The lowest BCUT2D eigenvalue weighted by atomic mass is 9.80. The lowest BCUT2D eigenvalue weighted by molar-refractivity contribution is 0.289. The second-order valence-electron chi connectivity index (χ2n) is 2.83. The van der Waals surface area contributed by atoms with Gasteiger partial charge in [0.05, 0.1) is 13.3 Å². The molecule has 0 radical (unpaired) electrons.